The van der Waals surface area contributed by atoms with E-state index in [0.29, 0.717) is 69.7 Å². The number of carbonyl (C=O) groups is 1. The summed E-state index contributed by atoms with van der Waals surface area (Å²) in [7, 11) is 0. The van der Waals surface area contributed by atoms with Gasteiger partial charge in [0.25, 0.3) is 0 Å². The van der Waals surface area contributed by atoms with Crippen molar-refractivity contribution >= 4 is 50.3 Å². The smallest absolute Gasteiger partial charge is 0.223 e. The predicted octanol–water partition coefficient (Wildman–Crippen LogP) is 4.69. The van der Waals surface area contributed by atoms with Gasteiger partial charge >= 0.3 is 0 Å². The third-order valence-corrected chi connectivity index (χ3v) is 9.13. The topological polar surface area (TPSA) is 132 Å². The Balaban J connectivity index is 1.18. The summed E-state index contributed by atoms with van der Waals surface area (Å²) in [4.78, 5) is 36.8. The van der Waals surface area contributed by atoms with E-state index in [2.05, 4.69) is 51.6 Å². The van der Waals surface area contributed by atoms with Crippen molar-refractivity contribution in [1.82, 2.24) is 24.8 Å². The van der Waals surface area contributed by atoms with Crippen molar-refractivity contribution in [3.63, 3.8) is 0 Å². The molecule has 12 heteroatoms. The number of anilines is 4. The molecule has 11 nitrogen and oxygen atoms in total. The molecule has 5 heterocycles. The van der Waals surface area contributed by atoms with Crippen molar-refractivity contribution in [1.29, 1.82) is 0 Å². The van der Waals surface area contributed by atoms with Gasteiger partial charge in [-0.25, -0.2) is 15.0 Å². The van der Waals surface area contributed by atoms with Crippen LogP contribution in [0, 0.1) is 0 Å². The van der Waals surface area contributed by atoms with Gasteiger partial charge in [-0.2, -0.15) is 4.98 Å². The number of nitrogen functional groups attached to an aromatic ring is 1. The van der Waals surface area contributed by atoms with Crippen LogP contribution in [0.15, 0.2) is 66.7 Å². The molecule has 2 saturated heterocycles. The molecule has 2 aliphatic rings. The van der Waals surface area contributed by atoms with Crippen molar-refractivity contribution in [2.45, 2.75) is 19.3 Å². The molecule has 46 heavy (non-hydrogen) atoms. The molecule has 0 spiro atoms. The van der Waals surface area contributed by atoms with Crippen molar-refractivity contribution in [3.8, 4) is 11.1 Å². The standard InChI is InChI=1S/C34H36N8O3S/c35-33-36-27(22-24-4-2-1-3-5-24)30(25-9-6-23(7-10-25)8-13-29(43)42-16-20-45-21-17-42)31(39-33)40-34-37-26-11-12-28(38-32(26)46-34)41-14-18-44-19-15-41/h1-7,9-12H,8,13-22H2,(H3,35,36,37,39,40). The number of morpholine rings is 2. The molecule has 236 valence electrons. The van der Waals surface area contributed by atoms with Crippen LogP contribution in [-0.2, 0) is 27.1 Å². The first-order valence-corrected chi connectivity index (χ1v) is 16.4. The van der Waals surface area contributed by atoms with Crippen molar-refractivity contribution in [2.24, 2.45) is 0 Å². The Morgan fingerprint density at radius 1 is 0.826 bits per heavy atom. The normalized spacial score (nSPS) is 15.3. The van der Waals surface area contributed by atoms with Gasteiger partial charge in [0.2, 0.25) is 11.9 Å². The van der Waals surface area contributed by atoms with Gasteiger partial charge in [-0.05, 0) is 35.2 Å². The van der Waals surface area contributed by atoms with E-state index in [4.69, 9.17) is 30.2 Å². The molecule has 5 aromatic rings. The number of benzene rings is 2. The van der Waals surface area contributed by atoms with E-state index in [1.54, 1.807) is 0 Å². The maximum absolute atomic E-state index is 12.7. The summed E-state index contributed by atoms with van der Waals surface area (Å²) in [5, 5.41) is 4.13. The lowest BCUT2D eigenvalue weighted by Crippen LogP contribution is -2.40. The number of aryl methyl sites for hydroxylation is 1. The van der Waals surface area contributed by atoms with Gasteiger partial charge in [-0.15, -0.1) is 0 Å². The number of nitrogens with one attached hydrogen (secondary N) is 1. The predicted molar refractivity (Wildman–Crippen MR) is 181 cm³/mol. The van der Waals surface area contributed by atoms with E-state index in [0.717, 1.165) is 57.2 Å². The van der Waals surface area contributed by atoms with Gasteiger partial charge in [-0.3, -0.25) is 4.79 Å². The van der Waals surface area contributed by atoms with Crippen LogP contribution < -0.4 is 16.0 Å². The van der Waals surface area contributed by atoms with Crippen LogP contribution in [0.25, 0.3) is 21.5 Å². The molecule has 1 amide bonds. The largest absolute Gasteiger partial charge is 0.378 e. The molecule has 0 atom stereocenters. The Kier molecular flexibility index (Phi) is 8.99. The van der Waals surface area contributed by atoms with Crippen LogP contribution in [0.1, 0.15) is 23.2 Å². The molecule has 2 fully saturated rings. The fraction of sp³-hybridized carbons (Fsp3) is 0.324. The SMILES string of the molecule is Nc1nc(Cc2ccccc2)c(-c2ccc(CCC(=O)N3CCOCC3)cc2)c(Nc2nc3ccc(N4CCOCC4)nc3s2)n1. The van der Waals surface area contributed by atoms with Gasteiger partial charge in [0.05, 0.1) is 32.1 Å². The highest BCUT2D eigenvalue weighted by atomic mass is 32.1. The molecule has 7 rings (SSSR count). The highest BCUT2D eigenvalue weighted by Crippen LogP contribution is 2.36. The zero-order valence-electron chi connectivity index (χ0n) is 25.5. The number of pyridine rings is 1. The summed E-state index contributed by atoms with van der Waals surface area (Å²) in [6.45, 7) is 5.57. The number of carbonyl (C=O) groups excluding carboxylic acids is 1. The quantitative estimate of drug-likeness (QED) is 0.235. The number of thiazole rings is 1. The average Bonchev–Trinajstić information content (AvgIpc) is 3.50. The molecule has 0 saturated carbocycles. The second-order valence-corrected chi connectivity index (χ2v) is 12.3. The molecule has 2 aromatic carbocycles. The number of nitrogens with two attached hydrogens (primary N) is 1. The maximum Gasteiger partial charge on any atom is 0.223 e. The third kappa shape index (κ3) is 6.94. The Bertz CT molecular complexity index is 1800. The number of nitrogens with zero attached hydrogens (tertiary/aromatic N) is 6. The highest BCUT2D eigenvalue weighted by Gasteiger charge is 2.20. The summed E-state index contributed by atoms with van der Waals surface area (Å²) in [6, 6.07) is 22.5. The van der Waals surface area contributed by atoms with E-state index in [1.807, 2.05) is 35.2 Å². The van der Waals surface area contributed by atoms with Crippen LogP contribution in [0.4, 0.5) is 22.7 Å². The molecule has 3 N–H and O–H groups in total. The minimum Gasteiger partial charge on any atom is -0.378 e. The summed E-state index contributed by atoms with van der Waals surface area (Å²) in [6.07, 6.45) is 1.72. The second-order valence-electron chi connectivity index (χ2n) is 11.3. The number of amides is 1. The van der Waals surface area contributed by atoms with E-state index in [-0.39, 0.29) is 11.9 Å². The zero-order valence-corrected chi connectivity index (χ0v) is 26.3. The van der Waals surface area contributed by atoms with Crippen LogP contribution in [-0.4, -0.2) is 83.3 Å². The lowest BCUT2D eigenvalue weighted by molar-refractivity contribution is -0.135. The van der Waals surface area contributed by atoms with Crippen molar-refractivity contribution in [2.75, 3.05) is 68.6 Å². The lowest BCUT2D eigenvalue weighted by atomic mass is 9.97. The Labute approximate surface area is 271 Å². The molecule has 0 bridgehead atoms. The van der Waals surface area contributed by atoms with Crippen LogP contribution in [0.3, 0.4) is 0 Å². The third-order valence-electron chi connectivity index (χ3n) is 8.25. The van der Waals surface area contributed by atoms with E-state index in [9.17, 15) is 4.79 Å². The van der Waals surface area contributed by atoms with Crippen molar-refractivity contribution < 1.29 is 14.3 Å². The van der Waals surface area contributed by atoms with Crippen molar-refractivity contribution in [3.05, 3.63) is 83.6 Å². The molecule has 3 aromatic heterocycles. The summed E-state index contributed by atoms with van der Waals surface area (Å²) in [5.74, 6) is 1.86. The number of fused-ring (bicyclic) bond motifs is 1. The first-order valence-electron chi connectivity index (χ1n) is 15.6. The summed E-state index contributed by atoms with van der Waals surface area (Å²) in [5.41, 5.74) is 11.9. The van der Waals surface area contributed by atoms with Crippen LogP contribution in [0.5, 0.6) is 0 Å². The Morgan fingerprint density at radius 2 is 1.57 bits per heavy atom. The Morgan fingerprint density at radius 3 is 2.33 bits per heavy atom. The van der Waals surface area contributed by atoms with E-state index in [1.165, 1.54) is 11.3 Å². The molecule has 0 aliphatic carbocycles. The molecule has 0 radical (unpaired) electrons. The zero-order chi connectivity index (χ0) is 31.3. The maximum atomic E-state index is 12.7. The van der Waals surface area contributed by atoms with Crippen LogP contribution >= 0.6 is 11.3 Å². The number of aromatic nitrogens is 4. The van der Waals surface area contributed by atoms with Gasteiger partial charge in [-0.1, -0.05) is 65.9 Å². The highest BCUT2D eigenvalue weighted by molar-refractivity contribution is 7.21. The number of hydrogen-bond acceptors (Lipinski definition) is 11. The second kappa shape index (κ2) is 13.8. The summed E-state index contributed by atoms with van der Waals surface area (Å²) >= 11 is 1.48. The molecule has 0 unspecified atom stereocenters. The number of rotatable bonds is 9. The Hall–Kier alpha value is -4.65. The first kappa shape index (κ1) is 30.0. The lowest BCUT2D eigenvalue weighted by Gasteiger charge is -2.27. The fourth-order valence-corrected chi connectivity index (χ4v) is 6.66. The minimum atomic E-state index is 0.165. The van der Waals surface area contributed by atoms with Gasteiger partial charge < -0.3 is 30.3 Å². The van der Waals surface area contributed by atoms with E-state index < -0.39 is 0 Å². The minimum absolute atomic E-state index is 0.165. The number of ether oxygens (including phenoxy) is 2. The monoisotopic (exact) mass is 636 g/mol. The molecule has 2 aliphatic heterocycles. The summed E-state index contributed by atoms with van der Waals surface area (Å²) < 4.78 is 10.9. The van der Waals surface area contributed by atoms with E-state index >= 15 is 0 Å². The van der Waals surface area contributed by atoms with Gasteiger partial charge in [0.15, 0.2) is 5.13 Å². The fourth-order valence-electron chi connectivity index (χ4n) is 5.83. The van der Waals surface area contributed by atoms with Crippen LogP contribution in [0.2, 0.25) is 0 Å². The van der Waals surface area contributed by atoms with Gasteiger partial charge in [0, 0.05) is 44.6 Å². The average molecular weight is 637 g/mol. The number of hydrogen-bond donors (Lipinski definition) is 2. The molecular formula is C34H36N8O3S. The molecular weight excluding hydrogens is 600 g/mol. The first-order chi connectivity index (χ1) is 22.6. The van der Waals surface area contributed by atoms with Gasteiger partial charge in [0.1, 0.15) is 22.0 Å².